The van der Waals surface area contributed by atoms with Gasteiger partial charge in [-0.05, 0) is 25.7 Å². The first kappa shape index (κ1) is 31.3. The van der Waals surface area contributed by atoms with Crippen LogP contribution in [0.15, 0.2) is 0 Å². The minimum absolute atomic E-state index is 0.0620. The van der Waals surface area contributed by atoms with E-state index in [1.54, 1.807) is 0 Å². The van der Waals surface area contributed by atoms with Crippen molar-refractivity contribution in [1.82, 2.24) is 0 Å². The second-order valence-electron chi connectivity index (χ2n) is 9.41. The molecule has 0 spiro atoms. The second kappa shape index (κ2) is 22.1. The topological polar surface area (TPSA) is 109 Å². The van der Waals surface area contributed by atoms with Crippen LogP contribution >= 0.6 is 0 Å². The van der Waals surface area contributed by atoms with E-state index in [0.29, 0.717) is 25.7 Å². The van der Waals surface area contributed by atoms with E-state index in [9.17, 15) is 24.3 Å². The van der Waals surface area contributed by atoms with Gasteiger partial charge in [0.1, 0.15) is 11.6 Å². The van der Waals surface area contributed by atoms with Gasteiger partial charge in [-0.15, -0.1) is 0 Å². The van der Waals surface area contributed by atoms with Gasteiger partial charge in [0.15, 0.2) is 0 Å². The van der Waals surface area contributed by atoms with Crippen molar-refractivity contribution in [2.75, 3.05) is 0 Å². The van der Waals surface area contributed by atoms with Gasteiger partial charge in [0.2, 0.25) is 0 Å². The fourth-order valence-corrected chi connectivity index (χ4v) is 4.12. The summed E-state index contributed by atoms with van der Waals surface area (Å²) in [6, 6.07) is 0. The molecule has 0 fully saturated rings. The molecule has 0 aromatic rings. The van der Waals surface area contributed by atoms with Crippen LogP contribution < -0.4 is 0 Å². The van der Waals surface area contributed by atoms with Crippen LogP contribution in [0, 0.1) is 5.92 Å². The van der Waals surface area contributed by atoms with Gasteiger partial charge in [-0.2, -0.15) is 0 Å². The maximum absolute atomic E-state index is 12.2. The SMILES string of the molecule is CCC(=O)CCCCCC(CC(=O)CCCCCCCCCCCCCCC(=O)O)C(=O)O. The second-order valence-corrected chi connectivity index (χ2v) is 9.41. The molecule has 6 heteroatoms. The number of rotatable bonds is 25. The van der Waals surface area contributed by atoms with E-state index in [1.807, 2.05) is 6.92 Å². The van der Waals surface area contributed by atoms with Crippen LogP contribution in [0.4, 0.5) is 0 Å². The number of aliphatic carboxylic acids is 2. The lowest BCUT2D eigenvalue weighted by Gasteiger charge is -2.11. The fraction of sp³-hybridized carbons (Fsp3) is 0.852. The van der Waals surface area contributed by atoms with E-state index < -0.39 is 17.9 Å². The Morgan fingerprint density at radius 3 is 1.36 bits per heavy atom. The molecule has 0 aliphatic rings. The molecule has 0 heterocycles. The van der Waals surface area contributed by atoms with Gasteiger partial charge in [-0.3, -0.25) is 19.2 Å². The van der Waals surface area contributed by atoms with Crippen molar-refractivity contribution >= 4 is 23.5 Å². The molecule has 0 rings (SSSR count). The predicted molar refractivity (Wildman–Crippen MR) is 131 cm³/mol. The number of carbonyl (C=O) groups excluding carboxylic acids is 2. The summed E-state index contributed by atoms with van der Waals surface area (Å²) in [5.74, 6) is -1.86. The third-order valence-corrected chi connectivity index (χ3v) is 6.32. The van der Waals surface area contributed by atoms with Crippen LogP contribution in [0.5, 0.6) is 0 Å². The lowest BCUT2D eigenvalue weighted by Crippen LogP contribution is -2.18. The molecule has 0 saturated heterocycles. The Hall–Kier alpha value is -1.72. The summed E-state index contributed by atoms with van der Waals surface area (Å²) >= 11 is 0. The molecule has 0 bridgehead atoms. The maximum atomic E-state index is 12.2. The Labute approximate surface area is 200 Å². The number of Topliss-reactive ketones (excluding diaryl/α,β-unsaturated/α-hetero) is 2. The molecule has 192 valence electrons. The number of hydrogen-bond donors (Lipinski definition) is 2. The van der Waals surface area contributed by atoms with Gasteiger partial charge in [-0.25, -0.2) is 0 Å². The first-order chi connectivity index (χ1) is 15.9. The Kier molecular flexibility index (Phi) is 20.9. The van der Waals surface area contributed by atoms with E-state index in [-0.39, 0.29) is 24.4 Å². The Morgan fingerprint density at radius 1 is 0.545 bits per heavy atom. The number of carboxylic acid groups (broad SMARTS) is 2. The normalized spacial score (nSPS) is 11.9. The summed E-state index contributed by atoms with van der Waals surface area (Å²) < 4.78 is 0. The third-order valence-electron chi connectivity index (χ3n) is 6.32. The third kappa shape index (κ3) is 21.9. The van der Waals surface area contributed by atoms with Crippen LogP contribution in [0.2, 0.25) is 0 Å². The summed E-state index contributed by atoms with van der Waals surface area (Å²) in [6.07, 6.45) is 18.2. The average Bonchev–Trinajstić information content (AvgIpc) is 2.77. The predicted octanol–water partition coefficient (Wildman–Crippen LogP) is 7.12. The minimum atomic E-state index is -0.881. The van der Waals surface area contributed by atoms with Crippen LogP contribution in [0.3, 0.4) is 0 Å². The molecule has 1 unspecified atom stereocenters. The molecule has 0 aliphatic heterocycles. The Balaban J connectivity index is 3.58. The quantitative estimate of drug-likeness (QED) is 0.138. The molecule has 2 N–H and O–H groups in total. The highest BCUT2D eigenvalue weighted by Gasteiger charge is 2.20. The molecular formula is C27H48O6. The molecule has 0 saturated carbocycles. The van der Waals surface area contributed by atoms with Crippen molar-refractivity contribution < 1.29 is 29.4 Å². The van der Waals surface area contributed by atoms with Gasteiger partial charge in [0, 0.05) is 32.1 Å². The molecule has 0 amide bonds. The molecule has 33 heavy (non-hydrogen) atoms. The van der Waals surface area contributed by atoms with E-state index in [2.05, 4.69) is 0 Å². The molecule has 0 aliphatic carbocycles. The van der Waals surface area contributed by atoms with Crippen LogP contribution in [0.1, 0.15) is 142 Å². The van der Waals surface area contributed by atoms with Crippen molar-refractivity contribution in [3.05, 3.63) is 0 Å². The van der Waals surface area contributed by atoms with Gasteiger partial charge < -0.3 is 10.2 Å². The number of unbranched alkanes of at least 4 members (excludes halogenated alkanes) is 13. The summed E-state index contributed by atoms with van der Waals surface area (Å²) in [7, 11) is 0. The molecule has 0 aromatic heterocycles. The Bertz CT molecular complexity index is 543. The van der Waals surface area contributed by atoms with Gasteiger partial charge in [0.25, 0.3) is 0 Å². The Morgan fingerprint density at radius 2 is 0.939 bits per heavy atom. The van der Waals surface area contributed by atoms with Gasteiger partial charge >= 0.3 is 11.9 Å². The van der Waals surface area contributed by atoms with Gasteiger partial charge in [-0.1, -0.05) is 84.0 Å². The van der Waals surface area contributed by atoms with E-state index >= 15 is 0 Å². The van der Waals surface area contributed by atoms with Crippen molar-refractivity contribution in [3.63, 3.8) is 0 Å². The highest BCUT2D eigenvalue weighted by Crippen LogP contribution is 2.18. The van der Waals surface area contributed by atoms with E-state index in [4.69, 9.17) is 5.11 Å². The van der Waals surface area contributed by atoms with Crippen molar-refractivity contribution in [2.24, 2.45) is 5.92 Å². The number of hydrogen-bond acceptors (Lipinski definition) is 4. The largest absolute Gasteiger partial charge is 0.481 e. The number of ketones is 2. The zero-order valence-electron chi connectivity index (χ0n) is 21.0. The smallest absolute Gasteiger partial charge is 0.306 e. The van der Waals surface area contributed by atoms with Crippen molar-refractivity contribution in [3.8, 4) is 0 Å². The minimum Gasteiger partial charge on any atom is -0.481 e. The van der Waals surface area contributed by atoms with Gasteiger partial charge in [0.05, 0.1) is 5.92 Å². The number of carboxylic acids is 2. The molecule has 0 radical (unpaired) electrons. The monoisotopic (exact) mass is 468 g/mol. The summed E-state index contributed by atoms with van der Waals surface area (Å²) in [6.45, 7) is 1.85. The maximum Gasteiger partial charge on any atom is 0.306 e. The fourth-order valence-electron chi connectivity index (χ4n) is 4.12. The highest BCUT2D eigenvalue weighted by atomic mass is 16.4. The lowest BCUT2D eigenvalue weighted by atomic mass is 9.93. The zero-order valence-corrected chi connectivity index (χ0v) is 21.0. The van der Waals surface area contributed by atoms with Crippen LogP contribution in [0.25, 0.3) is 0 Å². The molecular weight excluding hydrogens is 420 g/mol. The average molecular weight is 469 g/mol. The first-order valence-corrected chi connectivity index (χ1v) is 13.3. The van der Waals surface area contributed by atoms with E-state index in [0.717, 1.165) is 57.8 Å². The summed E-state index contributed by atoms with van der Waals surface area (Å²) in [5.41, 5.74) is 0. The molecule has 6 nitrogen and oxygen atoms in total. The zero-order chi connectivity index (χ0) is 24.7. The van der Waals surface area contributed by atoms with E-state index in [1.165, 1.54) is 38.5 Å². The molecule has 1 atom stereocenters. The first-order valence-electron chi connectivity index (χ1n) is 13.3. The summed E-state index contributed by atoms with van der Waals surface area (Å²) in [4.78, 5) is 45.3. The number of carbonyl (C=O) groups is 4. The van der Waals surface area contributed by atoms with Crippen molar-refractivity contribution in [1.29, 1.82) is 0 Å². The lowest BCUT2D eigenvalue weighted by molar-refractivity contribution is -0.144. The van der Waals surface area contributed by atoms with Crippen LogP contribution in [-0.4, -0.2) is 33.7 Å². The molecule has 0 aromatic carbocycles. The summed E-state index contributed by atoms with van der Waals surface area (Å²) in [5, 5.41) is 18.0. The van der Waals surface area contributed by atoms with Crippen molar-refractivity contribution in [2.45, 2.75) is 142 Å². The standard InChI is InChI=1S/C27H48O6/c1-2-24(28)19-16-13-14-18-23(27(32)33)22-25(29)20-15-11-9-7-5-3-4-6-8-10-12-17-21-26(30)31/h23H,2-22H2,1H3,(H,30,31)(H,32,33). The van der Waals surface area contributed by atoms with Crippen LogP contribution in [-0.2, 0) is 19.2 Å². The highest BCUT2D eigenvalue weighted by molar-refractivity contribution is 5.83.